The van der Waals surface area contributed by atoms with Crippen molar-refractivity contribution >= 4 is 5.91 Å². The van der Waals surface area contributed by atoms with E-state index in [2.05, 4.69) is 15.2 Å². The Labute approximate surface area is 112 Å². The van der Waals surface area contributed by atoms with E-state index >= 15 is 0 Å². The van der Waals surface area contributed by atoms with Crippen LogP contribution in [0.1, 0.15) is 22.1 Å². The van der Waals surface area contributed by atoms with Crippen LogP contribution in [-0.4, -0.2) is 44.2 Å². The van der Waals surface area contributed by atoms with Crippen molar-refractivity contribution in [2.24, 2.45) is 0 Å². The minimum Gasteiger partial charge on any atom is -0.503 e. The zero-order valence-corrected chi connectivity index (χ0v) is 10.2. The van der Waals surface area contributed by atoms with Gasteiger partial charge in [-0.3, -0.25) is 9.89 Å². The van der Waals surface area contributed by atoms with Crippen LogP contribution in [0.4, 0.5) is 8.78 Å². The third-order valence-electron chi connectivity index (χ3n) is 3.25. The molecule has 0 unspecified atom stereocenters. The summed E-state index contributed by atoms with van der Waals surface area (Å²) in [6.45, 7) is 0.802. The number of carbonyl (C=O) groups excluding carboxylic acids is 1. The Kier molecular flexibility index (Phi) is 2.85. The quantitative estimate of drug-likeness (QED) is 0.860. The Morgan fingerprint density at radius 2 is 2.00 bits per heavy atom. The number of likely N-dealkylation sites (tertiary alicyclic amines) is 1. The van der Waals surface area contributed by atoms with Crippen molar-refractivity contribution in [1.82, 2.24) is 20.1 Å². The van der Waals surface area contributed by atoms with Crippen LogP contribution in [0, 0.1) is 11.6 Å². The number of aromatic nitrogens is 3. The molecule has 6 nitrogen and oxygen atoms in total. The molecule has 1 aromatic carbocycles. The number of nitrogens with zero attached hydrogens (tertiary/aromatic N) is 3. The fraction of sp³-hybridized carbons (Fsp3) is 0.250. The lowest BCUT2D eigenvalue weighted by Gasteiger charge is -2.38. The summed E-state index contributed by atoms with van der Waals surface area (Å²) in [7, 11) is 0. The second-order valence-electron chi connectivity index (χ2n) is 4.57. The molecule has 2 N–H and O–H groups in total. The number of H-pyrrole nitrogens is 1. The second-order valence-corrected chi connectivity index (χ2v) is 4.57. The molecule has 2 heterocycles. The number of phenols is 1. The highest BCUT2D eigenvalue weighted by atomic mass is 19.1. The first-order valence-electron chi connectivity index (χ1n) is 5.89. The number of hydrogen-bond acceptors (Lipinski definition) is 4. The number of amides is 1. The van der Waals surface area contributed by atoms with E-state index < -0.39 is 23.3 Å². The molecular weight excluding hydrogens is 270 g/mol. The smallest absolute Gasteiger partial charge is 0.254 e. The highest BCUT2D eigenvalue weighted by Crippen LogP contribution is 2.27. The zero-order chi connectivity index (χ0) is 14.3. The van der Waals surface area contributed by atoms with E-state index in [1.54, 1.807) is 0 Å². The molecule has 1 aliphatic rings. The largest absolute Gasteiger partial charge is 0.503 e. The average Bonchev–Trinajstić information content (AvgIpc) is 2.87. The Morgan fingerprint density at radius 1 is 1.35 bits per heavy atom. The van der Waals surface area contributed by atoms with Crippen LogP contribution in [0.5, 0.6) is 5.75 Å². The first-order valence-corrected chi connectivity index (χ1v) is 5.89. The summed E-state index contributed by atoms with van der Waals surface area (Å²) >= 11 is 0. The molecule has 104 valence electrons. The van der Waals surface area contributed by atoms with Crippen LogP contribution in [0.2, 0.25) is 0 Å². The fourth-order valence-corrected chi connectivity index (χ4v) is 2.10. The van der Waals surface area contributed by atoms with Gasteiger partial charge in [-0.1, -0.05) is 0 Å². The number of nitrogens with one attached hydrogen (secondary N) is 1. The molecule has 3 rings (SSSR count). The van der Waals surface area contributed by atoms with E-state index in [1.807, 2.05) is 0 Å². The van der Waals surface area contributed by atoms with Crippen molar-refractivity contribution in [2.75, 3.05) is 13.1 Å². The Morgan fingerprint density at radius 3 is 2.55 bits per heavy atom. The summed E-state index contributed by atoms with van der Waals surface area (Å²) in [6.07, 6.45) is 1.38. The van der Waals surface area contributed by atoms with Gasteiger partial charge >= 0.3 is 0 Å². The molecule has 1 saturated heterocycles. The van der Waals surface area contributed by atoms with Crippen molar-refractivity contribution in [1.29, 1.82) is 0 Å². The van der Waals surface area contributed by atoms with Crippen molar-refractivity contribution in [3.63, 3.8) is 0 Å². The predicted octanol–water partition coefficient (Wildman–Crippen LogP) is 1.03. The maximum atomic E-state index is 13.2. The van der Waals surface area contributed by atoms with Gasteiger partial charge in [-0.25, -0.2) is 13.8 Å². The summed E-state index contributed by atoms with van der Waals surface area (Å²) in [5.41, 5.74) is -0.131. The number of rotatable bonds is 2. The Hall–Kier alpha value is -2.51. The molecule has 0 atom stereocenters. The van der Waals surface area contributed by atoms with Crippen LogP contribution in [0.25, 0.3) is 0 Å². The Bertz CT molecular complexity index is 630. The minimum absolute atomic E-state index is 0.0493. The van der Waals surface area contributed by atoms with Crippen LogP contribution in [-0.2, 0) is 0 Å². The van der Waals surface area contributed by atoms with E-state index in [1.165, 1.54) is 11.2 Å². The van der Waals surface area contributed by atoms with Gasteiger partial charge in [0.05, 0.1) is 5.92 Å². The van der Waals surface area contributed by atoms with Gasteiger partial charge in [-0.2, -0.15) is 5.10 Å². The monoisotopic (exact) mass is 280 g/mol. The summed E-state index contributed by atoms with van der Waals surface area (Å²) in [5.74, 6) is -3.14. The van der Waals surface area contributed by atoms with Crippen molar-refractivity contribution in [2.45, 2.75) is 5.92 Å². The molecule has 0 spiro atoms. The highest BCUT2D eigenvalue weighted by molar-refractivity contribution is 5.95. The lowest BCUT2D eigenvalue weighted by Crippen LogP contribution is -2.48. The lowest BCUT2D eigenvalue weighted by atomic mass is 9.98. The maximum absolute atomic E-state index is 13.2. The van der Waals surface area contributed by atoms with Crippen molar-refractivity contribution < 1.29 is 18.7 Å². The SMILES string of the molecule is O=C(c1cc(F)c(O)c(F)c1)N1CC(c2ncn[nH]2)C1. The van der Waals surface area contributed by atoms with Gasteiger partial charge in [0.2, 0.25) is 0 Å². The number of halogens is 2. The molecule has 1 aliphatic heterocycles. The summed E-state index contributed by atoms with van der Waals surface area (Å²) in [5, 5.41) is 15.4. The second kappa shape index (κ2) is 4.55. The molecule has 20 heavy (non-hydrogen) atoms. The highest BCUT2D eigenvalue weighted by Gasteiger charge is 2.34. The lowest BCUT2D eigenvalue weighted by molar-refractivity contribution is 0.0594. The number of phenolic OH excluding ortho intramolecular Hbond substituents is 1. The molecule has 1 aromatic heterocycles. The standard InChI is InChI=1S/C12H10F2N4O2/c13-8-1-6(2-9(14)10(8)19)12(20)18-3-7(4-18)11-15-5-16-17-11/h1-2,5,7,19H,3-4H2,(H,15,16,17). The van der Waals surface area contributed by atoms with Crippen molar-refractivity contribution in [3.05, 3.63) is 41.5 Å². The normalized spacial score (nSPS) is 15.2. The van der Waals surface area contributed by atoms with Crippen LogP contribution < -0.4 is 0 Å². The molecule has 8 heteroatoms. The van der Waals surface area contributed by atoms with Gasteiger partial charge in [-0.15, -0.1) is 0 Å². The van der Waals surface area contributed by atoms with E-state index in [9.17, 15) is 13.6 Å². The number of hydrogen-bond donors (Lipinski definition) is 2. The average molecular weight is 280 g/mol. The van der Waals surface area contributed by atoms with Gasteiger partial charge in [0.25, 0.3) is 5.91 Å². The van der Waals surface area contributed by atoms with E-state index in [0.717, 1.165) is 12.1 Å². The number of aromatic amines is 1. The predicted molar refractivity (Wildman–Crippen MR) is 63.1 cm³/mol. The summed E-state index contributed by atoms with van der Waals surface area (Å²) in [6, 6.07) is 1.64. The minimum atomic E-state index is -1.15. The van der Waals surface area contributed by atoms with Gasteiger partial charge in [0, 0.05) is 18.7 Å². The molecule has 0 bridgehead atoms. The molecular formula is C12H10F2N4O2. The summed E-state index contributed by atoms with van der Waals surface area (Å²) in [4.78, 5) is 17.5. The fourth-order valence-electron chi connectivity index (χ4n) is 2.10. The van der Waals surface area contributed by atoms with E-state index in [4.69, 9.17) is 5.11 Å². The third kappa shape index (κ3) is 1.98. The molecule has 2 aromatic rings. The van der Waals surface area contributed by atoms with Gasteiger partial charge in [0.15, 0.2) is 17.4 Å². The zero-order valence-electron chi connectivity index (χ0n) is 10.2. The van der Waals surface area contributed by atoms with Gasteiger partial charge in [-0.05, 0) is 12.1 Å². The van der Waals surface area contributed by atoms with Gasteiger partial charge < -0.3 is 10.0 Å². The first kappa shape index (κ1) is 12.5. The van der Waals surface area contributed by atoms with Crippen molar-refractivity contribution in [3.8, 4) is 5.75 Å². The molecule has 0 aliphatic carbocycles. The number of aromatic hydroxyl groups is 1. The van der Waals surface area contributed by atoms with E-state index in [-0.39, 0.29) is 11.5 Å². The summed E-state index contributed by atoms with van der Waals surface area (Å²) < 4.78 is 26.4. The molecule has 1 amide bonds. The Balaban J connectivity index is 1.72. The van der Waals surface area contributed by atoms with Crippen LogP contribution in [0.3, 0.4) is 0 Å². The van der Waals surface area contributed by atoms with Gasteiger partial charge in [0.1, 0.15) is 12.2 Å². The maximum Gasteiger partial charge on any atom is 0.254 e. The molecule has 0 radical (unpaired) electrons. The number of carbonyl (C=O) groups is 1. The molecule has 0 saturated carbocycles. The van der Waals surface area contributed by atoms with Crippen LogP contribution in [0.15, 0.2) is 18.5 Å². The van der Waals surface area contributed by atoms with E-state index in [0.29, 0.717) is 18.9 Å². The molecule has 1 fully saturated rings. The van der Waals surface area contributed by atoms with Crippen LogP contribution >= 0.6 is 0 Å². The topological polar surface area (TPSA) is 82.1 Å². The first-order chi connectivity index (χ1) is 9.56. The number of benzene rings is 1. The third-order valence-corrected chi connectivity index (χ3v) is 3.25.